The van der Waals surface area contributed by atoms with Gasteiger partial charge in [-0.25, -0.2) is 0 Å². The molecule has 0 N–H and O–H groups in total. The van der Waals surface area contributed by atoms with Crippen LogP contribution in [0.4, 0.5) is 0 Å². The highest BCUT2D eigenvalue weighted by Crippen LogP contribution is 2.31. The van der Waals surface area contributed by atoms with Gasteiger partial charge in [0.1, 0.15) is 0 Å². The van der Waals surface area contributed by atoms with Crippen molar-refractivity contribution in [2.45, 2.75) is 47.0 Å². The van der Waals surface area contributed by atoms with Crippen molar-refractivity contribution >= 4 is 12.6 Å². The monoisotopic (exact) mass is 174 g/mol. The summed E-state index contributed by atoms with van der Waals surface area (Å²) in [6.45, 7) is 9.20. The van der Waals surface area contributed by atoms with Crippen molar-refractivity contribution in [3.05, 3.63) is 0 Å². The topological polar surface area (TPSA) is 0 Å². The number of rotatable bonds is 5. The van der Waals surface area contributed by atoms with Crippen LogP contribution in [0.25, 0.3) is 0 Å². The molecule has 0 aliphatic rings. The van der Waals surface area contributed by atoms with Crippen LogP contribution in [0.2, 0.25) is 0 Å². The quantitative estimate of drug-likeness (QED) is 0.603. The molecule has 0 aromatic rings. The molecule has 0 amide bonds. The summed E-state index contributed by atoms with van der Waals surface area (Å²) in [5, 5.41) is 0. The van der Waals surface area contributed by atoms with Crippen LogP contribution in [-0.4, -0.2) is 5.75 Å². The normalized spacial score (nSPS) is 19.4. The highest BCUT2D eigenvalue weighted by atomic mass is 32.1. The Morgan fingerprint density at radius 1 is 1.36 bits per heavy atom. The van der Waals surface area contributed by atoms with Crippen LogP contribution in [0.3, 0.4) is 0 Å². The Hall–Kier alpha value is 0.350. The first-order chi connectivity index (χ1) is 5.08. The summed E-state index contributed by atoms with van der Waals surface area (Å²) in [5.41, 5.74) is 0.471. The molecule has 0 aromatic carbocycles. The average Bonchev–Trinajstić information content (AvgIpc) is 2.04. The van der Waals surface area contributed by atoms with Crippen molar-refractivity contribution in [3.8, 4) is 0 Å². The summed E-state index contributed by atoms with van der Waals surface area (Å²) in [7, 11) is 0. The Labute approximate surface area is 77.2 Å². The minimum atomic E-state index is 0.471. The summed E-state index contributed by atoms with van der Waals surface area (Å²) < 4.78 is 0. The molecule has 0 bridgehead atoms. The molecule has 2 atom stereocenters. The second kappa shape index (κ2) is 5.08. The van der Waals surface area contributed by atoms with Crippen LogP contribution in [0.1, 0.15) is 47.0 Å². The Balaban J connectivity index is 3.86. The third kappa shape index (κ3) is 4.05. The van der Waals surface area contributed by atoms with E-state index in [9.17, 15) is 0 Å². The second-order valence-corrected chi connectivity index (χ2v) is 4.36. The van der Waals surface area contributed by atoms with E-state index in [1.54, 1.807) is 0 Å². The molecule has 0 aromatic heterocycles. The SMILES string of the molecule is CCC(C)CC(C)(CC)CS. The smallest absolute Gasteiger partial charge is 0.00438 e. The van der Waals surface area contributed by atoms with Gasteiger partial charge in [-0.05, 0) is 29.9 Å². The van der Waals surface area contributed by atoms with Gasteiger partial charge in [0.2, 0.25) is 0 Å². The fraction of sp³-hybridized carbons (Fsp3) is 1.00. The molecule has 0 rings (SSSR count). The summed E-state index contributed by atoms with van der Waals surface area (Å²) in [4.78, 5) is 0. The first-order valence-corrected chi connectivity index (χ1v) is 5.32. The molecule has 2 unspecified atom stereocenters. The average molecular weight is 174 g/mol. The highest BCUT2D eigenvalue weighted by Gasteiger charge is 2.21. The van der Waals surface area contributed by atoms with E-state index in [0.717, 1.165) is 11.7 Å². The third-order valence-corrected chi connectivity index (χ3v) is 3.54. The van der Waals surface area contributed by atoms with E-state index < -0.39 is 0 Å². The maximum absolute atomic E-state index is 4.39. The van der Waals surface area contributed by atoms with E-state index in [0.29, 0.717) is 5.41 Å². The van der Waals surface area contributed by atoms with Gasteiger partial charge < -0.3 is 0 Å². The molecule has 0 aliphatic carbocycles. The fourth-order valence-electron chi connectivity index (χ4n) is 1.31. The van der Waals surface area contributed by atoms with E-state index in [1.807, 2.05) is 0 Å². The summed E-state index contributed by atoms with van der Waals surface area (Å²) in [5.74, 6) is 1.88. The Kier molecular flexibility index (Phi) is 5.24. The van der Waals surface area contributed by atoms with Crippen LogP contribution >= 0.6 is 12.6 Å². The van der Waals surface area contributed by atoms with Crippen molar-refractivity contribution in [2.24, 2.45) is 11.3 Å². The van der Waals surface area contributed by atoms with Crippen LogP contribution in [-0.2, 0) is 0 Å². The van der Waals surface area contributed by atoms with Gasteiger partial charge in [0.05, 0.1) is 0 Å². The maximum Gasteiger partial charge on any atom is -0.00438 e. The van der Waals surface area contributed by atoms with Crippen molar-refractivity contribution in [3.63, 3.8) is 0 Å². The van der Waals surface area contributed by atoms with Gasteiger partial charge in [-0.2, -0.15) is 12.6 Å². The molecular weight excluding hydrogens is 152 g/mol. The molecule has 0 aliphatic heterocycles. The van der Waals surface area contributed by atoms with E-state index in [-0.39, 0.29) is 0 Å². The molecule has 11 heavy (non-hydrogen) atoms. The molecule has 1 heteroatoms. The molecule has 0 heterocycles. The fourth-order valence-corrected chi connectivity index (χ4v) is 1.66. The zero-order valence-electron chi connectivity index (χ0n) is 8.35. The summed E-state index contributed by atoms with van der Waals surface area (Å²) in [6, 6.07) is 0. The lowest BCUT2D eigenvalue weighted by Gasteiger charge is -2.28. The predicted octanol–water partition coefficient (Wildman–Crippen LogP) is 3.77. The van der Waals surface area contributed by atoms with Gasteiger partial charge in [-0.15, -0.1) is 0 Å². The number of hydrogen-bond acceptors (Lipinski definition) is 1. The Morgan fingerprint density at radius 2 is 1.91 bits per heavy atom. The zero-order valence-corrected chi connectivity index (χ0v) is 9.25. The molecule has 0 saturated heterocycles. The molecule has 0 radical (unpaired) electrons. The van der Waals surface area contributed by atoms with Crippen LogP contribution in [0, 0.1) is 11.3 Å². The lowest BCUT2D eigenvalue weighted by molar-refractivity contribution is 0.271. The Morgan fingerprint density at radius 3 is 2.18 bits per heavy atom. The molecular formula is C10H22S. The second-order valence-electron chi connectivity index (χ2n) is 4.04. The minimum Gasteiger partial charge on any atom is -0.179 e. The van der Waals surface area contributed by atoms with Gasteiger partial charge >= 0.3 is 0 Å². The van der Waals surface area contributed by atoms with Crippen molar-refractivity contribution in [1.29, 1.82) is 0 Å². The standard InChI is InChI=1S/C10H22S/c1-5-9(3)7-10(4,6-2)8-11/h9,11H,5-8H2,1-4H3. The van der Waals surface area contributed by atoms with Gasteiger partial charge in [0, 0.05) is 0 Å². The number of thiol groups is 1. The lowest BCUT2D eigenvalue weighted by atomic mass is 9.80. The molecule has 0 nitrogen and oxygen atoms in total. The zero-order chi connectivity index (χ0) is 8.91. The van der Waals surface area contributed by atoms with Crippen LogP contribution in [0.5, 0.6) is 0 Å². The van der Waals surface area contributed by atoms with Crippen molar-refractivity contribution in [1.82, 2.24) is 0 Å². The predicted molar refractivity (Wildman–Crippen MR) is 56.3 cm³/mol. The maximum atomic E-state index is 4.39. The number of hydrogen-bond donors (Lipinski definition) is 1. The van der Waals surface area contributed by atoms with Gasteiger partial charge in [0.25, 0.3) is 0 Å². The third-order valence-electron chi connectivity index (χ3n) is 2.77. The summed E-state index contributed by atoms with van der Waals surface area (Å²) in [6.07, 6.45) is 3.87. The molecule has 0 spiro atoms. The van der Waals surface area contributed by atoms with E-state index in [4.69, 9.17) is 0 Å². The van der Waals surface area contributed by atoms with Gasteiger partial charge in [-0.1, -0.05) is 34.1 Å². The minimum absolute atomic E-state index is 0.471. The highest BCUT2D eigenvalue weighted by molar-refractivity contribution is 7.80. The first kappa shape index (κ1) is 11.4. The molecule has 0 fully saturated rings. The van der Waals surface area contributed by atoms with Gasteiger partial charge in [0.15, 0.2) is 0 Å². The van der Waals surface area contributed by atoms with E-state index in [1.165, 1.54) is 19.3 Å². The van der Waals surface area contributed by atoms with Crippen LogP contribution in [0.15, 0.2) is 0 Å². The lowest BCUT2D eigenvalue weighted by Crippen LogP contribution is -2.20. The molecule has 68 valence electrons. The van der Waals surface area contributed by atoms with Crippen LogP contribution < -0.4 is 0 Å². The van der Waals surface area contributed by atoms with E-state index in [2.05, 4.69) is 40.3 Å². The largest absolute Gasteiger partial charge is 0.179 e. The van der Waals surface area contributed by atoms with Crippen molar-refractivity contribution in [2.75, 3.05) is 5.75 Å². The molecule has 0 saturated carbocycles. The van der Waals surface area contributed by atoms with Gasteiger partial charge in [-0.3, -0.25) is 0 Å². The Bertz CT molecular complexity index is 95.0. The first-order valence-electron chi connectivity index (χ1n) is 4.68. The summed E-state index contributed by atoms with van der Waals surface area (Å²) >= 11 is 4.39. The van der Waals surface area contributed by atoms with Crippen molar-refractivity contribution < 1.29 is 0 Å². The van der Waals surface area contributed by atoms with E-state index >= 15 is 0 Å².